The molecule has 1 aromatic carbocycles. The van der Waals surface area contributed by atoms with Crippen molar-refractivity contribution in [1.29, 1.82) is 0 Å². The standard InChI is InChI=1S/C22H26O4S2/c1-22(2,24)16-10-21(27-12-16)28(25,26)13-17(23)11-20-18-7-3-5-14(18)9-15-6-4-8-19(15)20/h9-10,12,24H,3-8,11,13H2,1-2H3. The molecule has 2 aliphatic carbocycles. The van der Waals surface area contributed by atoms with Crippen LogP contribution in [0.2, 0.25) is 0 Å². The fraction of sp³-hybridized carbons (Fsp3) is 0.500. The number of aryl methyl sites for hydroxylation is 2. The van der Waals surface area contributed by atoms with E-state index in [0.717, 1.165) is 55.4 Å². The molecular weight excluding hydrogens is 392 g/mol. The largest absolute Gasteiger partial charge is 0.386 e. The molecular formula is C22H26O4S2. The first-order valence-corrected chi connectivity index (χ1v) is 12.4. The summed E-state index contributed by atoms with van der Waals surface area (Å²) in [5, 5.41) is 11.7. The summed E-state index contributed by atoms with van der Waals surface area (Å²) < 4.78 is 25.7. The summed E-state index contributed by atoms with van der Waals surface area (Å²) in [7, 11) is -3.69. The van der Waals surface area contributed by atoms with Crippen molar-refractivity contribution in [2.45, 2.75) is 68.6 Å². The SMILES string of the molecule is CC(C)(O)c1csc(S(=O)(=O)CC(=O)Cc2c3c(cc4c2CCC4)CCC3)c1. The minimum Gasteiger partial charge on any atom is -0.386 e. The van der Waals surface area contributed by atoms with Crippen LogP contribution in [0.4, 0.5) is 0 Å². The van der Waals surface area contributed by atoms with Crippen LogP contribution in [-0.4, -0.2) is 25.1 Å². The van der Waals surface area contributed by atoms with Gasteiger partial charge < -0.3 is 5.11 Å². The number of carbonyl (C=O) groups is 1. The topological polar surface area (TPSA) is 71.4 Å². The number of sulfone groups is 1. The minimum absolute atomic E-state index is 0.154. The molecule has 0 radical (unpaired) electrons. The van der Waals surface area contributed by atoms with E-state index in [9.17, 15) is 18.3 Å². The lowest BCUT2D eigenvalue weighted by Gasteiger charge is -2.15. The molecule has 4 rings (SSSR count). The third kappa shape index (κ3) is 3.70. The van der Waals surface area contributed by atoms with Crippen molar-refractivity contribution < 1.29 is 18.3 Å². The average Bonchev–Trinajstić information content (AvgIpc) is 3.33. The number of aliphatic hydroxyl groups is 1. The van der Waals surface area contributed by atoms with Gasteiger partial charge in [0.15, 0.2) is 15.6 Å². The summed E-state index contributed by atoms with van der Waals surface area (Å²) in [5.41, 5.74) is 5.89. The van der Waals surface area contributed by atoms with Gasteiger partial charge in [0, 0.05) is 6.42 Å². The van der Waals surface area contributed by atoms with Gasteiger partial charge in [-0.3, -0.25) is 4.79 Å². The summed E-state index contributed by atoms with van der Waals surface area (Å²) in [6, 6.07) is 3.81. The summed E-state index contributed by atoms with van der Waals surface area (Å²) in [4.78, 5) is 12.8. The predicted molar refractivity (Wildman–Crippen MR) is 111 cm³/mol. The first-order valence-electron chi connectivity index (χ1n) is 9.86. The van der Waals surface area contributed by atoms with E-state index in [-0.39, 0.29) is 16.4 Å². The van der Waals surface area contributed by atoms with Gasteiger partial charge in [0.2, 0.25) is 0 Å². The second-order valence-corrected chi connectivity index (χ2v) is 11.7. The Kier molecular flexibility index (Phi) is 5.01. The van der Waals surface area contributed by atoms with E-state index in [1.165, 1.54) is 28.3 Å². The summed E-state index contributed by atoms with van der Waals surface area (Å²) >= 11 is 1.07. The van der Waals surface area contributed by atoms with Crippen molar-refractivity contribution in [3.05, 3.63) is 50.9 Å². The van der Waals surface area contributed by atoms with Gasteiger partial charge in [0.1, 0.15) is 9.96 Å². The normalized spacial score (nSPS) is 16.2. The molecule has 4 nitrogen and oxygen atoms in total. The molecule has 0 unspecified atom stereocenters. The molecule has 2 aromatic rings. The Morgan fingerprint density at radius 2 is 1.68 bits per heavy atom. The molecule has 1 aromatic heterocycles. The Labute approximate surface area is 170 Å². The number of thiophene rings is 1. The fourth-order valence-corrected chi connectivity index (χ4v) is 7.16. The summed E-state index contributed by atoms with van der Waals surface area (Å²) in [5.74, 6) is -0.718. The van der Waals surface area contributed by atoms with Crippen molar-refractivity contribution in [3.63, 3.8) is 0 Å². The number of hydrogen-bond acceptors (Lipinski definition) is 5. The fourth-order valence-electron chi connectivity index (χ4n) is 4.48. The van der Waals surface area contributed by atoms with Crippen LogP contribution in [-0.2, 0) is 52.3 Å². The van der Waals surface area contributed by atoms with Crippen molar-refractivity contribution in [3.8, 4) is 0 Å². The van der Waals surface area contributed by atoms with Crippen LogP contribution < -0.4 is 0 Å². The second-order valence-electron chi connectivity index (χ2n) is 8.53. The molecule has 6 heteroatoms. The van der Waals surface area contributed by atoms with Crippen molar-refractivity contribution in [2.75, 3.05) is 5.75 Å². The van der Waals surface area contributed by atoms with E-state index >= 15 is 0 Å². The maximum Gasteiger partial charge on any atom is 0.194 e. The average molecular weight is 419 g/mol. The zero-order chi connectivity index (χ0) is 20.1. The van der Waals surface area contributed by atoms with Crippen molar-refractivity contribution in [1.82, 2.24) is 0 Å². The highest BCUT2D eigenvalue weighted by atomic mass is 32.2. The number of benzene rings is 1. The zero-order valence-electron chi connectivity index (χ0n) is 16.4. The molecule has 0 saturated carbocycles. The van der Waals surface area contributed by atoms with Gasteiger partial charge in [-0.15, -0.1) is 11.3 Å². The van der Waals surface area contributed by atoms with Crippen LogP contribution in [0.25, 0.3) is 0 Å². The van der Waals surface area contributed by atoms with Gasteiger partial charge in [-0.25, -0.2) is 8.42 Å². The van der Waals surface area contributed by atoms with E-state index in [1.807, 2.05) is 0 Å². The Morgan fingerprint density at radius 3 is 2.21 bits per heavy atom. The van der Waals surface area contributed by atoms with Crippen LogP contribution in [0.3, 0.4) is 0 Å². The molecule has 0 amide bonds. The van der Waals surface area contributed by atoms with E-state index in [1.54, 1.807) is 19.2 Å². The molecule has 28 heavy (non-hydrogen) atoms. The lowest BCUT2D eigenvalue weighted by Crippen LogP contribution is -2.19. The van der Waals surface area contributed by atoms with Gasteiger partial charge in [0.05, 0.1) is 5.60 Å². The quantitative estimate of drug-likeness (QED) is 0.779. The molecule has 0 fully saturated rings. The summed E-state index contributed by atoms with van der Waals surface area (Å²) in [6.45, 7) is 3.24. The smallest absolute Gasteiger partial charge is 0.194 e. The monoisotopic (exact) mass is 418 g/mol. The lowest BCUT2D eigenvalue weighted by atomic mass is 9.91. The maximum atomic E-state index is 12.8. The second kappa shape index (κ2) is 7.08. The highest BCUT2D eigenvalue weighted by Gasteiger charge is 2.28. The molecule has 0 spiro atoms. The Bertz CT molecular complexity index is 1010. The number of Topliss-reactive ketones (excluding diaryl/α,β-unsaturated/α-hetero) is 1. The molecule has 0 bridgehead atoms. The number of ketones is 1. The third-order valence-corrected chi connectivity index (χ3v) is 9.12. The first-order chi connectivity index (χ1) is 13.1. The Balaban J connectivity index is 1.56. The van der Waals surface area contributed by atoms with Gasteiger partial charge in [0.25, 0.3) is 0 Å². The van der Waals surface area contributed by atoms with Crippen LogP contribution in [0.1, 0.15) is 60.1 Å². The van der Waals surface area contributed by atoms with E-state index in [4.69, 9.17) is 0 Å². The van der Waals surface area contributed by atoms with Gasteiger partial charge in [-0.1, -0.05) is 6.07 Å². The molecule has 0 atom stereocenters. The highest BCUT2D eigenvalue weighted by Crippen LogP contribution is 2.36. The number of hydrogen-bond donors (Lipinski definition) is 1. The van der Waals surface area contributed by atoms with E-state index < -0.39 is 21.2 Å². The van der Waals surface area contributed by atoms with Crippen LogP contribution in [0.15, 0.2) is 21.7 Å². The summed E-state index contributed by atoms with van der Waals surface area (Å²) in [6.07, 6.45) is 6.58. The molecule has 150 valence electrons. The molecule has 2 aliphatic rings. The molecule has 0 saturated heterocycles. The molecule has 0 aliphatic heterocycles. The van der Waals surface area contributed by atoms with Gasteiger partial charge >= 0.3 is 0 Å². The minimum atomic E-state index is -3.69. The number of carbonyl (C=O) groups excluding carboxylic acids is 1. The Hall–Kier alpha value is -1.50. The van der Waals surface area contributed by atoms with Gasteiger partial charge in [-0.05, 0) is 97.2 Å². The van der Waals surface area contributed by atoms with Gasteiger partial charge in [-0.2, -0.15) is 0 Å². The van der Waals surface area contributed by atoms with E-state index in [2.05, 4.69) is 6.07 Å². The van der Waals surface area contributed by atoms with Crippen LogP contribution in [0, 0.1) is 0 Å². The van der Waals surface area contributed by atoms with E-state index in [0.29, 0.717) is 5.56 Å². The van der Waals surface area contributed by atoms with Crippen LogP contribution in [0.5, 0.6) is 0 Å². The van der Waals surface area contributed by atoms with Crippen molar-refractivity contribution in [2.24, 2.45) is 0 Å². The number of fused-ring (bicyclic) bond motifs is 2. The maximum absolute atomic E-state index is 12.8. The Morgan fingerprint density at radius 1 is 1.07 bits per heavy atom. The number of rotatable bonds is 6. The first kappa shape index (κ1) is 19.8. The predicted octanol–water partition coefficient (Wildman–Crippen LogP) is 3.54. The highest BCUT2D eigenvalue weighted by molar-refractivity contribution is 7.94. The molecule has 1 heterocycles. The zero-order valence-corrected chi connectivity index (χ0v) is 18.0. The van der Waals surface area contributed by atoms with Crippen molar-refractivity contribution >= 4 is 27.0 Å². The lowest BCUT2D eigenvalue weighted by molar-refractivity contribution is -0.116. The molecule has 1 N–H and O–H groups in total. The van der Waals surface area contributed by atoms with Crippen LogP contribution >= 0.6 is 11.3 Å². The third-order valence-electron chi connectivity index (χ3n) is 5.91.